The Morgan fingerprint density at radius 1 is 1.21 bits per heavy atom. The SMILES string of the molecule is Cc1nc(CCCOc2ccccc2)sc1CCN. The number of rotatable bonds is 7. The molecule has 0 fully saturated rings. The number of ether oxygens (including phenoxy) is 1. The minimum Gasteiger partial charge on any atom is -0.494 e. The number of nitrogens with zero attached hydrogens (tertiary/aromatic N) is 1. The molecule has 0 aliphatic rings. The third-order valence-corrected chi connectivity index (χ3v) is 4.13. The second kappa shape index (κ2) is 7.26. The maximum atomic E-state index is 5.67. The summed E-state index contributed by atoms with van der Waals surface area (Å²) in [4.78, 5) is 5.90. The summed E-state index contributed by atoms with van der Waals surface area (Å²) in [6.07, 6.45) is 2.90. The van der Waals surface area contributed by atoms with Gasteiger partial charge in [-0.2, -0.15) is 0 Å². The third-order valence-electron chi connectivity index (χ3n) is 2.86. The van der Waals surface area contributed by atoms with E-state index in [4.69, 9.17) is 10.5 Å². The Kier molecular flexibility index (Phi) is 5.36. The number of aromatic nitrogens is 1. The van der Waals surface area contributed by atoms with Crippen LogP contribution >= 0.6 is 11.3 Å². The van der Waals surface area contributed by atoms with E-state index in [0.29, 0.717) is 6.54 Å². The van der Waals surface area contributed by atoms with Gasteiger partial charge in [-0.05, 0) is 38.4 Å². The summed E-state index contributed by atoms with van der Waals surface area (Å²) in [7, 11) is 0. The quantitative estimate of drug-likeness (QED) is 0.791. The average molecular weight is 276 g/mol. The summed E-state index contributed by atoms with van der Waals surface area (Å²) < 4.78 is 5.67. The molecule has 1 aromatic heterocycles. The van der Waals surface area contributed by atoms with Crippen molar-refractivity contribution in [3.63, 3.8) is 0 Å². The van der Waals surface area contributed by atoms with Crippen LogP contribution in [0.15, 0.2) is 30.3 Å². The van der Waals surface area contributed by atoms with Crippen LogP contribution in [0, 0.1) is 6.92 Å². The molecule has 0 amide bonds. The van der Waals surface area contributed by atoms with Crippen LogP contribution in [0.25, 0.3) is 0 Å². The van der Waals surface area contributed by atoms with Crippen molar-refractivity contribution in [2.45, 2.75) is 26.2 Å². The van der Waals surface area contributed by atoms with Crippen molar-refractivity contribution in [2.24, 2.45) is 5.73 Å². The maximum Gasteiger partial charge on any atom is 0.119 e. The second-order valence-electron chi connectivity index (χ2n) is 4.42. The Hall–Kier alpha value is -1.39. The first kappa shape index (κ1) is 14.0. The number of hydrogen-bond acceptors (Lipinski definition) is 4. The Labute approximate surface area is 118 Å². The Morgan fingerprint density at radius 2 is 2.00 bits per heavy atom. The number of thiazole rings is 1. The predicted octanol–water partition coefficient (Wildman–Crippen LogP) is 2.96. The number of nitrogens with two attached hydrogens (primary N) is 1. The number of aryl methyl sites for hydroxylation is 2. The van der Waals surface area contributed by atoms with Gasteiger partial charge in [-0.1, -0.05) is 18.2 Å². The summed E-state index contributed by atoms with van der Waals surface area (Å²) in [6.45, 7) is 3.49. The highest BCUT2D eigenvalue weighted by molar-refractivity contribution is 7.11. The zero-order chi connectivity index (χ0) is 13.5. The minimum absolute atomic E-state index is 0.694. The predicted molar refractivity (Wildman–Crippen MR) is 79.9 cm³/mol. The van der Waals surface area contributed by atoms with Crippen molar-refractivity contribution in [2.75, 3.05) is 13.2 Å². The van der Waals surface area contributed by atoms with Crippen molar-refractivity contribution in [1.82, 2.24) is 4.98 Å². The topological polar surface area (TPSA) is 48.1 Å². The van der Waals surface area contributed by atoms with E-state index in [9.17, 15) is 0 Å². The fraction of sp³-hybridized carbons (Fsp3) is 0.400. The molecule has 19 heavy (non-hydrogen) atoms. The van der Waals surface area contributed by atoms with Crippen molar-refractivity contribution in [3.05, 3.63) is 45.9 Å². The molecule has 0 bridgehead atoms. The standard InChI is InChI=1S/C15H20N2OS/c1-12-14(9-10-16)19-15(17-12)8-5-11-18-13-6-3-2-4-7-13/h2-4,6-7H,5,8-11,16H2,1H3. The molecule has 0 saturated carbocycles. The fourth-order valence-corrected chi connectivity index (χ4v) is 3.02. The van der Waals surface area contributed by atoms with Crippen LogP contribution < -0.4 is 10.5 Å². The fourth-order valence-electron chi connectivity index (χ4n) is 1.89. The molecule has 0 saturated heterocycles. The molecule has 102 valence electrons. The van der Waals surface area contributed by atoms with E-state index in [-0.39, 0.29) is 0 Å². The van der Waals surface area contributed by atoms with Crippen LogP contribution in [0.5, 0.6) is 5.75 Å². The zero-order valence-corrected chi connectivity index (χ0v) is 12.1. The molecular formula is C15H20N2OS. The Morgan fingerprint density at radius 3 is 2.74 bits per heavy atom. The van der Waals surface area contributed by atoms with Gasteiger partial charge in [-0.15, -0.1) is 11.3 Å². The molecule has 3 nitrogen and oxygen atoms in total. The first-order valence-electron chi connectivity index (χ1n) is 6.62. The van der Waals surface area contributed by atoms with Crippen LogP contribution in [0.1, 0.15) is 22.0 Å². The van der Waals surface area contributed by atoms with Crippen LogP contribution in [0.4, 0.5) is 0 Å². The molecule has 2 N–H and O–H groups in total. The van der Waals surface area contributed by atoms with Crippen LogP contribution in [-0.4, -0.2) is 18.1 Å². The summed E-state index contributed by atoms with van der Waals surface area (Å²) in [5.41, 5.74) is 6.72. The normalized spacial score (nSPS) is 10.6. The molecular weight excluding hydrogens is 256 g/mol. The molecule has 0 aliphatic heterocycles. The van der Waals surface area contributed by atoms with Gasteiger partial charge in [0.05, 0.1) is 17.3 Å². The lowest BCUT2D eigenvalue weighted by molar-refractivity contribution is 0.311. The molecule has 1 heterocycles. The first-order valence-corrected chi connectivity index (χ1v) is 7.44. The summed E-state index contributed by atoms with van der Waals surface area (Å²) in [5, 5.41) is 1.19. The van der Waals surface area contributed by atoms with Gasteiger partial charge in [-0.3, -0.25) is 0 Å². The number of hydrogen-bond donors (Lipinski definition) is 1. The molecule has 1 aromatic carbocycles. The van der Waals surface area contributed by atoms with E-state index in [1.165, 1.54) is 9.88 Å². The Balaban J connectivity index is 1.75. The van der Waals surface area contributed by atoms with Crippen LogP contribution in [0.3, 0.4) is 0 Å². The average Bonchev–Trinajstić information content (AvgIpc) is 2.77. The second-order valence-corrected chi connectivity index (χ2v) is 5.59. The van der Waals surface area contributed by atoms with Gasteiger partial charge in [-0.25, -0.2) is 4.98 Å². The number of para-hydroxylation sites is 1. The van der Waals surface area contributed by atoms with E-state index in [2.05, 4.69) is 11.9 Å². The smallest absolute Gasteiger partial charge is 0.119 e. The van der Waals surface area contributed by atoms with E-state index in [1.807, 2.05) is 30.3 Å². The van der Waals surface area contributed by atoms with E-state index in [0.717, 1.165) is 37.3 Å². The van der Waals surface area contributed by atoms with E-state index in [1.54, 1.807) is 11.3 Å². The monoisotopic (exact) mass is 276 g/mol. The molecule has 0 radical (unpaired) electrons. The van der Waals surface area contributed by atoms with Crippen molar-refractivity contribution >= 4 is 11.3 Å². The molecule has 0 aliphatic carbocycles. The lowest BCUT2D eigenvalue weighted by Crippen LogP contribution is -2.01. The van der Waals surface area contributed by atoms with Crippen molar-refractivity contribution in [3.8, 4) is 5.75 Å². The first-order chi connectivity index (χ1) is 9.29. The molecule has 0 spiro atoms. The highest BCUT2D eigenvalue weighted by Gasteiger charge is 2.06. The van der Waals surface area contributed by atoms with Crippen LogP contribution in [-0.2, 0) is 12.8 Å². The number of benzene rings is 1. The molecule has 2 rings (SSSR count). The van der Waals surface area contributed by atoms with Gasteiger partial charge >= 0.3 is 0 Å². The summed E-state index contributed by atoms with van der Waals surface area (Å²) in [5.74, 6) is 0.932. The van der Waals surface area contributed by atoms with Gasteiger partial charge in [0.15, 0.2) is 0 Å². The van der Waals surface area contributed by atoms with Crippen molar-refractivity contribution < 1.29 is 4.74 Å². The molecule has 0 atom stereocenters. The largest absolute Gasteiger partial charge is 0.494 e. The molecule has 0 unspecified atom stereocenters. The summed E-state index contributed by atoms with van der Waals surface area (Å²) >= 11 is 1.78. The van der Waals surface area contributed by atoms with Crippen LogP contribution in [0.2, 0.25) is 0 Å². The lowest BCUT2D eigenvalue weighted by atomic mass is 10.3. The lowest BCUT2D eigenvalue weighted by Gasteiger charge is -2.04. The van der Waals surface area contributed by atoms with Crippen molar-refractivity contribution in [1.29, 1.82) is 0 Å². The van der Waals surface area contributed by atoms with Gasteiger partial charge in [0.2, 0.25) is 0 Å². The van der Waals surface area contributed by atoms with E-state index >= 15 is 0 Å². The van der Waals surface area contributed by atoms with Gasteiger partial charge in [0.25, 0.3) is 0 Å². The van der Waals surface area contributed by atoms with Gasteiger partial charge in [0.1, 0.15) is 5.75 Å². The zero-order valence-electron chi connectivity index (χ0n) is 11.3. The third kappa shape index (κ3) is 4.33. The summed E-state index contributed by atoms with van der Waals surface area (Å²) in [6, 6.07) is 9.92. The highest BCUT2D eigenvalue weighted by Crippen LogP contribution is 2.19. The maximum absolute atomic E-state index is 5.67. The Bertz CT molecular complexity index is 496. The van der Waals surface area contributed by atoms with Gasteiger partial charge < -0.3 is 10.5 Å². The van der Waals surface area contributed by atoms with E-state index < -0.39 is 0 Å². The molecule has 4 heteroatoms. The van der Waals surface area contributed by atoms with Gasteiger partial charge in [0, 0.05) is 11.3 Å². The minimum atomic E-state index is 0.694. The highest BCUT2D eigenvalue weighted by atomic mass is 32.1. The molecule has 2 aromatic rings.